The van der Waals surface area contributed by atoms with Crippen LogP contribution in [0.15, 0.2) is 17.2 Å². The van der Waals surface area contributed by atoms with Crippen LogP contribution in [0.25, 0.3) is 0 Å². The van der Waals surface area contributed by atoms with Crippen molar-refractivity contribution in [3.05, 3.63) is 18.0 Å². The summed E-state index contributed by atoms with van der Waals surface area (Å²) in [5, 5.41) is 7.65. The highest BCUT2D eigenvalue weighted by molar-refractivity contribution is 7.89. The van der Waals surface area contributed by atoms with E-state index in [0.29, 0.717) is 13.2 Å². The molecule has 20 heavy (non-hydrogen) atoms. The van der Waals surface area contributed by atoms with E-state index in [0.717, 1.165) is 12.8 Å². The zero-order valence-corrected chi connectivity index (χ0v) is 12.5. The number of hydrogen-bond acceptors (Lipinski definition) is 4. The van der Waals surface area contributed by atoms with Gasteiger partial charge in [-0.3, -0.25) is 4.79 Å². The molecule has 0 spiro atoms. The van der Waals surface area contributed by atoms with Gasteiger partial charge in [0.05, 0.1) is 11.0 Å². The van der Waals surface area contributed by atoms with Crippen molar-refractivity contribution < 1.29 is 17.9 Å². The summed E-state index contributed by atoms with van der Waals surface area (Å²) in [5.74, 6) is -0.357. The van der Waals surface area contributed by atoms with Crippen LogP contribution < -0.4 is 10.5 Å². The predicted octanol–water partition coefficient (Wildman–Crippen LogP) is 0.597. The second-order valence-electron chi connectivity index (χ2n) is 4.68. The maximum absolute atomic E-state index is 11.7. The van der Waals surface area contributed by atoms with Gasteiger partial charge in [-0.05, 0) is 32.8 Å². The lowest BCUT2D eigenvalue weighted by Crippen LogP contribution is -2.25. The molecular weight excluding hydrogens is 282 g/mol. The summed E-state index contributed by atoms with van der Waals surface area (Å²) >= 11 is 0. The molecule has 0 saturated carbocycles. The Kier molecular flexibility index (Phi) is 6.18. The van der Waals surface area contributed by atoms with Gasteiger partial charge in [-0.15, -0.1) is 0 Å². The molecule has 1 heterocycles. The number of amides is 1. The van der Waals surface area contributed by atoms with Crippen LogP contribution in [0, 0.1) is 0 Å². The van der Waals surface area contributed by atoms with Gasteiger partial charge in [-0.1, -0.05) is 0 Å². The van der Waals surface area contributed by atoms with Crippen molar-refractivity contribution in [2.45, 2.75) is 37.7 Å². The molecule has 0 fully saturated rings. The summed E-state index contributed by atoms with van der Waals surface area (Å²) in [6.07, 6.45) is 3.05. The predicted molar refractivity (Wildman–Crippen MR) is 74.8 cm³/mol. The molecule has 1 rings (SSSR count). The summed E-state index contributed by atoms with van der Waals surface area (Å²) in [5.41, 5.74) is 0.174. The van der Waals surface area contributed by atoms with E-state index >= 15 is 0 Å². The molecule has 7 nitrogen and oxygen atoms in total. The molecule has 0 aliphatic heterocycles. The van der Waals surface area contributed by atoms with Crippen LogP contribution in [-0.4, -0.2) is 38.6 Å². The molecule has 1 aromatic rings. The fraction of sp³-hybridized carbons (Fsp3) is 0.583. The van der Waals surface area contributed by atoms with Crippen LogP contribution in [-0.2, 0) is 14.8 Å². The van der Waals surface area contributed by atoms with E-state index < -0.39 is 10.0 Å². The summed E-state index contributed by atoms with van der Waals surface area (Å²) in [6.45, 7) is 5.10. The van der Waals surface area contributed by atoms with E-state index in [-0.39, 0.29) is 22.6 Å². The van der Waals surface area contributed by atoms with E-state index in [1.165, 1.54) is 12.3 Å². The standard InChI is InChI=1S/C12H21N3O4S/c1-9(2)19-6-4-3-5-14-12(16)11-7-10(8-15-11)20(13,17)18/h7-9,15H,3-6H2,1-2H3,(H,14,16)(H2,13,17,18). The minimum Gasteiger partial charge on any atom is -0.379 e. The van der Waals surface area contributed by atoms with Crippen LogP contribution in [0.5, 0.6) is 0 Å². The first-order valence-corrected chi connectivity index (χ1v) is 7.96. The Hall–Kier alpha value is -1.38. The lowest BCUT2D eigenvalue weighted by atomic mass is 10.3. The topological polar surface area (TPSA) is 114 Å². The molecule has 4 N–H and O–H groups in total. The first kappa shape index (κ1) is 16.7. The number of aromatic nitrogens is 1. The van der Waals surface area contributed by atoms with Crippen LogP contribution >= 0.6 is 0 Å². The Balaban J connectivity index is 2.31. The Morgan fingerprint density at radius 1 is 1.45 bits per heavy atom. The zero-order valence-electron chi connectivity index (χ0n) is 11.7. The average molecular weight is 303 g/mol. The fourth-order valence-electron chi connectivity index (χ4n) is 1.51. The van der Waals surface area contributed by atoms with Gasteiger partial charge < -0.3 is 15.0 Å². The number of nitrogens with one attached hydrogen (secondary N) is 2. The Morgan fingerprint density at radius 2 is 2.15 bits per heavy atom. The summed E-state index contributed by atoms with van der Waals surface area (Å²) < 4.78 is 27.5. The number of sulfonamides is 1. The molecule has 0 aromatic carbocycles. The van der Waals surface area contributed by atoms with Crippen molar-refractivity contribution in [1.29, 1.82) is 0 Å². The van der Waals surface area contributed by atoms with Crippen molar-refractivity contribution in [3.8, 4) is 0 Å². The third-order valence-corrected chi connectivity index (χ3v) is 3.43. The first-order valence-electron chi connectivity index (χ1n) is 6.41. The van der Waals surface area contributed by atoms with Crippen LogP contribution in [0.2, 0.25) is 0 Å². The second kappa shape index (κ2) is 7.41. The molecule has 0 bridgehead atoms. The number of carbonyl (C=O) groups is 1. The minimum absolute atomic E-state index is 0.104. The third kappa shape index (κ3) is 5.72. The Bertz CT molecular complexity index is 537. The van der Waals surface area contributed by atoms with Gasteiger partial charge in [0, 0.05) is 19.3 Å². The molecule has 0 saturated heterocycles. The van der Waals surface area contributed by atoms with Gasteiger partial charge in [-0.25, -0.2) is 13.6 Å². The molecule has 0 aliphatic rings. The smallest absolute Gasteiger partial charge is 0.267 e. The molecule has 0 unspecified atom stereocenters. The molecular formula is C12H21N3O4S. The second-order valence-corrected chi connectivity index (χ2v) is 6.24. The number of aromatic amines is 1. The number of H-pyrrole nitrogens is 1. The summed E-state index contributed by atoms with van der Waals surface area (Å²) in [4.78, 5) is 14.2. The van der Waals surface area contributed by atoms with E-state index in [1.807, 2.05) is 13.8 Å². The lowest BCUT2D eigenvalue weighted by molar-refractivity contribution is 0.0754. The van der Waals surface area contributed by atoms with E-state index in [9.17, 15) is 13.2 Å². The number of hydrogen-bond donors (Lipinski definition) is 3. The molecule has 0 aliphatic carbocycles. The molecule has 1 amide bonds. The maximum atomic E-state index is 11.7. The highest BCUT2D eigenvalue weighted by Crippen LogP contribution is 2.08. The molecule has 8 heteroatoms. The van der Waals surface area contributed by atoms with Crippen molar-refractivity contribution >= 4 is 15.9 Å². The molecule has 0 atom stereocenters. The zero-order chi connectivity index (χ0) is 15.2. The summed E-state index contributed by atoms with van der Waals surface area (Å²) in [6, 6.07) is 1.21. The number of primary sulfonamides is 1. The number of nitrogens with two attached hydrogens (primary N) is 1. The molecule has 1 aromatic heterocycles. The van der Waals surface area contributed by atoms with Gasteiger partial charge >= 0.3 is 0 Å². The van der Waals surface area contributed by atoms with E-state index in [1.54, 1.807) is 0 Å². The van der Waals surface area contributed by atoms with Gasteiger partial charge in [0.1, 0.15) is 5.69 Å². The minimum atomic E-state index is -3.78. The average Bonchev–Trinajstić information content (AvgIpc) is 2.82. The van der Waals surface area contributed by atoms with Gasteiger partial charge in [0.25, 0.3) is 5.91 Å². The number of unbranched alkanes of at least 4 members (excludes halogenated alkanes) is 1. The van der Waals surface area contributed by atoms with Crippen molar-refractivity contribution in [1.82, 2.24) is 10.3 Å². The summed E-state index contributed by atoms with van der Waals surface area (Å²) in [7, 11) is -3.78. The van der Waals surface area contributed by atoms with Crippen molar-refractivity contribution in [3.63, 3.8) is 0 Å². The lowest BCUT2D eigenvalue weighted by Gasteiger charge is -2.07. The number of ether oxygens (including phenoxy) is 1. The molecule has 0 radical (unpaired) electrons. The SMILES string of the molecule is CC(C)OCCCCNC(=O)c1cc(S(N)(=O)=O)c[nH]1. The maximum Gasteiger partial charge on any atom is 0.267 e. The highest BCUT2D eigenvalue weighted by Gasteiger charge is 2.14. The Labute approximate surface area is 118 Å². The van der Waals surface area contributed by atoms with Crippen LogP contribution in [0.1, 0.15) is 37.2 Å². The number of carbonyl (C=O) groups excluding carboxylic acids is 1. The van der Waals surface area contributed by atoms with Crippen LogP contribution in [0.3, 0.4) is 0 Å². The van der Waals surface area contributed by atoms with Gasteiger partial charge in [0.2, 0.25) is 10.0 Å². The van der Waals surface area contributed by atoms with Crippen LogP contribution in [0.4, 0.5) is 0 Å². The molecule has 114 valence electrons. The monoisotopic (exact) mass is 303 g/mol. The normalized spacial score (nSPS) is 11.8. The first-order chi connectivity index (χ1) is 9.30. The highest BCUT2D eigenvalue weighted by atomic mass is 32.2. The van der Waals surface area contributed by atoms with Gasteiger partial charge in [0.15, 0.2) is 0 Å². The largest absolute Gasteiger partial charge is 0.379 e. The van der Waals surface area contributed by atoms with Gasteiger partial charge in [-0.2, -0.15) is 0 Å². The number of rotatable bonds is 8. The fourth-order valence-corrected chi connectivity index (χ4v) is 2.02. The van der Waals surface area contributed by atoms with Crippen molar-refractivity contribution in [2.24, 2.45) is 5.14 Å². The van der Waals surface area contributed by atoms with Crippen molar-refractivity contribution in [2.75, 3.05) is 13.2 Å². The van der Waals surface area contributed by atoms with E-state index in [2.05, 4.69) is 10.3 Å². The van der Waals surface area contributed by atoms with E-state index in [4.69, 9.17) is 9.88 Å². The Morgan fingerprint density at radius 3 is 2.70 bits per heavy atom. The third-order valence-electron chi connectivity index (χ3n) is 2.54. The quantitative estimate of drug-likeness (QED) is 0.610.